The van der Waals surface area contributed by atoms with Crippen LogP contribution in [-0.2, 0) is 22.7 Å². The Morgan fingerprint density at radius 3 is 2.44 bits per heavy atom. The van der Waals surface area contributed by atoms with Crippen molar-refractivity contribution in [1.82, 2.24) is 30.4 Å². The van der Waals surface area contributed by atoms with Gasteiger partial charge in [0.1, 0.15) is 18.1 Å². The van der Waals surface area contributed by atoms with Crippen LogP contribution in [0.1, 0.15) is 43.9 Å². The van der Waals surface area contributed by atoms with E-state index in [4.69, 9.17) is 25.5 Å². The van der Waals surface area contributed by atoms with Gasteiger partial charge in [0, 0.05) is 22.7 Å². The zero-order valence-corrected chi connectivity index (χ0v) is 24.6. The van der Waals surface area contributed by atoms with Crippen molar-refractivity contribution in [2.75, 3.05) is 14.2 Å². The molecule has 0 aliphatic rings. The predicted octanol–water partition coefficient (Wildman–Crippen LogP) is 4.60. The maximum atomic E-state index is 13.9. The number of carbonyl (C=O) groups is 2. The second kappa shape index (κ2) is 12.4. The largest absolute Gasteiger partial charge is 0.493 e. The third-order valence-electron chi connectivity index (χ3n) is 6.08. The van der Waals surface area contributed by atoms with Crippen LogP contribution in [0.3, 0.4) is 0 Å². The van der Waals surface area contributed by atoms with Crippen molar-refractivity contribution >= 4 is 23.4 Å². The van der Waals surface area contributed by atoms with Gasteiger partial charge in [-0.3, -0.25) is 9.59 Å². The topological polar surface area (TPSA) is 125 Å². The summed E-state index contributed by atoms with van der Waals surface area (Å²) >= 11 is 6.47. The fourth-order valence-electron chi connectivity index (χ4n) is 4.21. The number of furan rings is 1. The molecule has 0 fully saturated rings. The molecule has 0 saturated carbocycles. The minimum Gasteiger partial charge on any atom is -0.493 e. The second-order valence-electron chi connectivity index (χ2n) is 10.4. The summed E-state index contributed by atoms with van der Waals surface area (Å²) in [6.45, 7) is 7.12. The first-order valence-electron chi connectivity index (χ1n) is 12.9. The van der Waals surface area contributed by atoms with Gasteiger partial charge in [-0.1, -0.05) is 29.8 Å². The van der Waals surface area contributed by atoms with E-state index < -0.39 is 23.4 Å². The minimum absolute atomic E-state index is 0.0394. The van der Waals surface area contributed by atoms with Crippen molar-refractivity contribution in [2.24, 2.45) is 0 Å². The third-order valence-corrected chi connectivity index (χ3v) is 6.45. The normalized spacial score (nSPS) is 12.1. The van der Waals surface area contributed by atoms with Gasteiger partial charge in [0.15, 0.2) is 17.5 Å². The maximum absolute atomic E-state index is 13.9. The van der Waals surface area contributed by atoms with Gasteiger partial charge in [-0.15, -0.1) is 10.2 Å². The summed E-state index contributed by atoms with van der Waals surface area (Å²) in [5.41, 5.74) is 0.734. The standard InChI is InChI=1S/C29H33ClN6O5/c1-18-11-13-23(41-18)26(28(38)31-29(2,3)4)35(16-20-9-7-8-10-21(20)30)25(37)17-36-33-27(32-34-36)19-12-14-22(39-5)24(15-19)40-6/h7-15,26H,16-17H2,1-6H3,(H,31,38)/t26-/m1/s1. The number of rotatable bonds is 10. The Morgan fingerprint density at radius 1 is 1.07 bits per heavy atom. The highest BCUT2D eigenvalue weighted by molar-refractivity contribution is 6.31. The summed E-state index contributed by atoms with van der Waals surface area (Å²) in [6.07, 6.45) is 0. The van der Waals surface area contributed by atoms with Gasteiger partial charge in [0.25, 0.3) is 5.91 Å². The molecule has 4 aromatic rings. The van der Waals surface area contributed by atoms with Crippen LogP contribution in [0.15, 0.2) is 59.0 Å². The van der Waals surface area contributed by atoms with Crippen LogP contribution in [0.25, 0.3) is 11.4 Å². The number of nitrogens with one attached hydrogen (secondary N) is 1. The summed E-state index contributed by atoms with van der Waals surface area (Å²) < 4.78 is 16.5. The Balaban J connectivity index is 1.69. The van der Waals surface area contributed by atoms with Crippen LogP contribution in [-0.4, -0.2) is 56.7 Å². The van der Waals surface area contributed by atoms with Gasteiger partial charge in [0.05, 0.1) is 14.2 Å². The van der Waals surface area contributed by atoms with Gasteiger partial charge in [0.2, 0.25) is 11.7 Å². The molecule has 0 aliphatic heterocycles. The molecular formula is C29H33ClN6O5. The lowest BCUT2D eigenvalue weighted by molar-refractivity contribution is -0.143. The van der Waals surface area contributed by atoms with E-state index in [0.717, 1.165) is 0 Å². The molecule has 0 aliphatic carbocycles. The van der Waals surface area contributed by atoms with Crippen LogP contribution in [0, 0.1) is 6.92 Å². The molecule has 216 valence electrons. The number of aryl methyl sites for hydroxylation is 1. The Kier molecular flexibility index (Phi) is 8.97. The van der Waals surface area contributed by atoms with Crippen molar-refractivity contribution in [2.45, 2.75) is 52.4 Å². The van der Waals surface area contributed by atoms with Crippen LogP contribution in [0.5, 0.6) is 11.5 Å². The van der Waals surface area contributed by atoms with Gasteiger partial charge < -0.3 is 24.1 Å². The zero-order chi connectivity index (χ0) is 29.7. The fourth-order valence-corrected chi connectivity index (χ4v) is 4.40. The third kappa shape index (κ3) is 7.23. The highest BCUT2D eigenvalue weighted by Gasteiger charge is 2.36. The Morgan fingerprint density at radius 2 is 1.80 bits per heavy atom. The van der Waals surface area contributed by atoms with E-state index in [0.29, 0.717) is 45.0 Å². The first kappa shape index (κ1) is 29.6. The lowest BCUT2D eigenvalue weighted by Gasteiger charge is -2.32. The van der Waals surface area contributed by atoms with Crippen LogP contribution in [0.2, 0.25) is 5.02 Å². The van der Waals surface area contributed by atoms with Gasteiger partial charge in [-0.2, -0.15) is 4.80 Å². The molecule has 0 spiro atoms. The molecule has 12 heteroatoms. The van der Waals surface area contributed by atoms with Crippen molar-refractivity contribution in [3.8, 4) is 22.9 Å². The van der Waals surface area contributed by atoms with E-state index in [1.54, 1.807) is 62.6 Å². The summed E-state index contributed by atoms with van der Waals surface area (Å²) in [7, 11) is 3.08. The molecule has 4 rings (SSSR count). The van der Waals surface area contributed by atoms with E-state index >= 15 is 0 Å². The number of halogens is 1. The molecule has 2 heterocycles. The lowest BCUT2D eigenvalue weighted by atomic mass is 10.1. The SMILES string of the molecule is COc1ccc(-c2nnn(CC(=O)N(Cc3ccccc3Cl)[C@@H](C(=O)NC(C)(C)C)c3ccc(C)o3)n2)cc1OC. The Hall–Kier alpha value is -4.38. The molecule has 2 aromatic carbocycles. The second-order valence-corrected chi connectivity index (χ2v) is 10.8. The van der Waals surface area contributed by atoms with Crippen LogP contribution < -0.4 is 14.8 Å². The summed E-state index contributed by atoms with van der Waals surface area (Å²) in [4.78, 5) is 30.2. The Labute approximate surface area is 243 Å². The highest BCUT2D eigenvalue weighted by atomic mass is 35.5. The fraction of sp³-hybridized carbons (Fsp3) is 0.345. The maximum Gasteiger partial charge on any atom is 0.251 e. The van der Waals surface area contributed by atoms with Gasteiger partial charge >= 0.3 is 0 Å². The lowest BCUT2D eigenvalue weighted by Crippen LogP contribution is -2.49. The molecule has 0 radical (unpaired) electrons. The molecule has 2 amide bonds. The number of ether oxygens (including phenoxy) is 2. The van der Waals surface area contributed by atoms with E-state index in [1.807, 2.05) is 26.8 Å². The smallest absolute Gasteiger partial charge is 0.251 e. The van der Waals surface area contributed by atoms with E-state index in [-0.39, 0.29) is 13.1 Å². The number of carbonyl (C=O) groups excluding carboxylic acids is 2. The quantitative estimate of drug-likeness (QED) is 0.289. The number of aromatic nitrogens is 4. The monoisotopic (exact) mass is 580 g/mol. The molecule has 2 aromatic heterocycles. The molecule has 1 N–H and O–H groups in total. The molecular weight excluding hydrogens is 548 g/mol. The first-order valence-corrected chi connectivity index (χ1v) is 13.3. The highest BCUT2D eigenvalue weighted by Crippen LogP contribution is 2.31. The number of tetrazole rings is 1. The van der Waals surface area contributed by atoms with E-state index in [9.17, 15) is 9.59 Å². The summed E-state index contributed by atoms with van der Waals surface area (Å²) in [6, 6.07) is 14.7. The van der Waals surface area contributed by atoms with Crippen LogP contribution >= 0.6 is 11.6 Å². The molecule has 0 bridgehead atoms. The zero-order valence-electron chi connectivity index (χ0n) is 23.8. The molecule has 41 heavy (non-hydrogen) atoms. The minimum atomic E-state index is -1.08. The summed E-state index contributed by atoms with van der Waals surface area (Å²) in [5, 5.41) is 16.0. The van der Waals surface area contributed by atoms with E-state index in [1.165, 1.54) is 16.8 Å². The number of nitrogens with zero attached hydrogens (tertiary/aromatic N) is 5. The van der Waals surface area contributed by atoms with Gasteiger partial charge in [-0.25, -0.2) is 0 Å². The summed E-state index contributed by atoms with van der Waals surface area (Å²) in [5.74, 6) is 1.44. The number of benzene rings is 2. The molecule has 0 saturated heterocycles. The van der Waals surface area contributed by atoms with Crippen LogP contribution in [0.4, 0.5) is 0 Å². The van der Waals surface area contributed by atoms with E-state index in [2.05, 4.69) is 20.7 Å². The molecule has 0 unspecified atom stereocenters. The number of methoxy groups -OCH3 is 2. The molecule has 11 nitrogen and oxygen atoms in total. The average Bonchev–Trinajstić information content (AvgIpc) is 3.57. The number of amides is 2. The average molecular weight is 581 g/mol. The van der Waals surface area contributed by atoms with Gasteiger partial charge in [-0.05, 0) is 74.9 Å². The first-order chi connectivity index (χ1) is 19.5. The van der Waals surface area contributed by atoms with Crippen molar-refractivity contribution in [3.63, 3.8) is 0 Å². The molecule has 1 atom stereocenters. The van der Waals surface area contributed by atoms with Crippen molar-refractivity contribution < 1.29 is 23.5 Å². The van der Waals surface area contributed by atoms with Crippen molar-refractivity contribution in [3.05, 3.63) is 76.7 Å². The predicted molar refractivity (Wildman–Crippen MR) is 152 cm³/mol. The number of hydrogen-bond acceptors (Lipinski definition) is 8. The Bertz CT molecular complexity index is 1530. The van der Waals surface area contributed by atoms with Crippen molar-refractivity contribution in [1.29, 1.82) is 0 Å². The number of hydrogen-bond donors (Lipinski definition) is 1.